The maximum atomic E-state index is 11.8. The summed E-state index contributed by atoms with van der Waals surface area (Å²) in [6, 6.07) is 3.10. The summed E-state index contributed by atoms with van der Waals surface area (Å²) in [7, 11) is 0. The monoisotopic (exact) mass is 281 g/mol. The second-order valence-electron chi connectivity index (χ2n) is 5.70. The van der Waals surface area contributed by atoms with Crippen LogP contribution >= 0.6 is 0 Å². The molecule has 0 saturated carbocycles. The first-order valence-corrected chi connectivity index (χ1v) is 6.62. The average molecular weight is 281 g/mol. The molecule has 1 aromatic heterocycles. The van der Waals surface area contributed by atoms with Gasteiger partial charge in [0, 0.05) is 5.54 Å². The van der Waals surface area contributed by atoms with E-state index in [1.54, 1.807) is 25.3 Å². The molecular weight excluding hydrogens is 258 g/mol. The molecule has 0 spiro atoms. The van der Waals surface area contributed by atoms with Crippen molar-refractivity contribution in [1.82, 2.24) is 16.0 Å². The first-order valence-electron chi connectivity index (χ1n) is 6.62. The SMILES string of the molecule is CC(NCC(=O)NC(C)(C)C)C(=O)NCc1ccco1. The van der Waals surface area contributed by atoms with Crippen molar-refractivity contribution in [3.05, 3.63) is 24.2 Å². The van der Waals surface area contributed by atoms with Crippen LogP contribution in [-0.4, -0.2) is 29.9 Å². The van der Waals surface area contributed by atoms with E-state index in [9.17, 15) is 9.59 Å². The number of amides is 2. The third kappa shape index (κ3) is 6.38. The minimum absolute atomic E-state index is 0.104. The highest BCUT2D eigenvalue weighted by Gasteiger charge is 2.16. The fourth-order valence-corrected chi connectivity index (χ4v) is 1.54. The lowest BCUT2D eigenvalue weighted by Gasteiger charge is -2.21. The first-order chi connectivity index (χ1) is 9.28. The number of furan rings is 1. The summed E-state index contributed by atoms with van der Waals surface area (Å²) in [5, 5.41) is 8.43. The van der Waals surface area contributed by atoms with E-state index in [2.05, 4.69) is 16.0 Å². The van der Waals surface area contributed by atoms with Crippen molar-refractivity contribution in [3.8, 4) is 0 Å². The molecule has 0 aliphatic heterocycles. The van der Waals surface area contributed by atoms with Crippen LogP contribution in [0.4, 0.5) is 0 Å². The van der Waals surface area contributed by atoms with E-state index in [0.29, 0.717) is 12.3 Å². The Morgan fingerprint density at radius 3 is 2.60 bits per heavy atom. The summed E-state index contributed by atoms with van der Waals surface area (Å²) in [5.74, 6) is 0.379. The molecule has 6 nitrogen and oxygen atoms in total. The summed E-state index contributed by atoms with van der Waals surface area (Å²) in [6.45, 7) is 7.87. The van der Waals surface area contributed by atoms with Gasteiger partial charge in [0.2, 0.25) is 11.8 Å². The van der Waals surface area contributed by atoms with Crippen LogP contribution in [0.5, 0.6) is 0 Å². The Kier molecular flexibility index (Phi) is 5.76. The Hall–Kier alpha value is -1.82. The fourth-order valence-electron chi connectivity index (χ4n) is 1.54. The zero-order valence-corrected chi connectivity index (χ0v) is 12.4. The average Bonchev–Trinajstić information content (AvgIpc) is 2.83. The number of carbonyl (C=O) groups excluding carboxylic acids is 2. The van der Waals surface area contributed by atoms with Crippen LogP contribution in [0.25, 0.3) is 0 Å². The largest absolute Gasteiger partial charge is 0.467 e. The highest BCUT2D eigenvalue weighted by molar-refractivity contribution is 5.83. The number of hydrogen-bond donors (Lipinski definition) is 3. The number of carbonyl (C=O) groups is 2. The van der Waals surface area contributed by atoms with Crippen molar-refractivity contribution in [1.29, 1.82) is 0 Å². The molecule has 0 radical (unpaired) electrons. The van der Waals surface area contributed by atoms with Gasteiger partial charge in [-0.2, -0.15) is 0 Å². The van der Waals surface area contributed by atoms with Crippen LogP contribution in [0.2, 0.25) is 0 Å². The van der Waals surface area contributed by atoms with E-state index in [-0.39, 0.29) is 23.9 Å². The maximum absolute atomic E-state index is 11.8. The van der Waals surface area contributed by atoms with Crippen LogP contribution in [0, 0.1) is 0 Å². The quantitative estimate of drug-likeness (QED) is 0.720. The van der Waals surface area contributed by atoms with Gasteiger partial charge in [0.15, 0.2) is 0 Å². The lowest BCUT2D eigenvalue weighted by atomic mass is 10.1. The Balaban J connectivity index is 2.26. The minimum Gasteiger partial charge on any atom is -0.467 e. The zero-order chi connectivity index (χ0) is 15.2. The minimum atomic E-state index is -0.448. The predicted molar refractivity (Wildman–Crippen MR) is 75.9 cm³/mol. The van der Waals surface area contributed by atoms with E-state index in [4.69, 9.17) is 4.42 Å². The van der Waals surface area contributed by atoms with Crippen molar-refractivity contribution >= 4 is 11.8 Å². The van der Waals surface area contributed by atoms with Gasteiger partial charge in [-0.05, 0) is 39.8 Å². The zero-order valence-electron chi connectivity index (χ0n) is 12.4. The summed E-state index contributed by atoms with van der Waals surface area (Å²) in [5.41, 5.74) is -0.274. The Labute approximate surface area is 119 Å². The molecule has 3 N–H and O–H groups in total. The molecule has 0 aliphatic rings. The smallest absolute Gasteiger partial charge is 0.237 e. The van der Waals surface area contributed by atoms with Gasteiger partial charge < -0.3 is 15.1 Å². The Morgan fingerprint density at radius 1 is 1.35 bits per heavy atom. The van der Waals surface area contributed by atoms with Gasteiger partial charge in [0.1, 0.15) is 5.76 Å². The van der Waals surface area contributed by atoms with Crippen LogP contribution in [0.15, 0.2) is 22.8 Å². The Bertz CT molecular complexity index is 435. The molecule has 1 aromatic rings. The third-order valence-electron chi connectivity index (χ3n) is 2.49. The summed E-state index contributed by atoms with van der Waals surface area (Å²) >= 11 is 0. The highest BCUT2D eigenvalue weighted by Crippen LogP contribution is 1.99. The van der Waals surface area contributed by atoms with Crippen molar-refractivity contribution in [3.63, 3.8) is 0 Å². The second-order valence-corrected chi connectivity index (χ2v) is 5.70. The third-order valence-corrected chi connectivity index (χ3v) is 2.49. The molecule has 0 aromatic carbocycles. The van der Waals surface area contributed by atoms with Crippen LogP contribution < -0.4 is 16.0 Å². The van der Waals surface area contributed by atoms with Gasteiger partial charge >= 0.3 is 0 Å². The van der Waals surface area contributed by atoms with Gasteiger partial charge in [-0.25, -0.2) is 0 Å². The molecule has 1 rings (SSSR count). The van der Waals surface area contributed by atoms with Crippen molar-refractivity contribution in [2.24, 2.45) is 0 Å². The first kappa shape index (κ1) is 16.2. The number of nitrogens with one attached hydrogen (secondary N) is 3. The fraction of sp³-hybridized carbons (Fsp3) is 0.571. The standard InChI is InChI=1S/C14H23N3O3/c1-10(15-9-12(18)17-14(2,3)4)13(19)16-8-11-6-5-7-20-11/h5-7,10,15H,8-9H2,1-4H3,(H,16,19)(H,17,18). The van der Waals surface area contributed by atoms with Crippen molar-refractivity contribution < 1.29 is 14.0 Å². The molecule has 0 bridgehead atoms. The molecular formula is C14H23N3O3. The normalized spacial score (nSPS) is 12.8. The molecule has 1 atom stereocenters. The lowest BCUT2D eigenvalue weighted by molar-refractivity contribution is -0.124. The highest BCUT2D eigenvalue weighted by atomic mass is 16.3. The van der Waals surface area contributed by atoms with E-state index in [1.807, 2.05) is 20.8 Å². The molecule has 2 amide bonds. The topological polar surface area (TPSA) is 83.4 Å². The van der Waals surface area contributed by atoms with E-state index < -0.39 is 6.04 Å². The molecule has 6 heteroatoms. The summed E-state index contributed by atoms with van der Waals surface area (Å²) in [6.07, 6.45) is 1.56. The van der Waals surface area contributed by atoms with Crippen LogP contribution in [0.1, 0.15) is 33.5 Å². The van der Waals surface area contributed by atoms with Crippen molar-refractivity contribution in [2.75, 3.05) is 6.54 Å². The molecule has 0 saturated heterocycles. The molecule has 20 heavy (non-hydrogen) atoms. The predicted octanol–water partition coefficient (Wildman–Crippen LogP) is 0.789. The lowest BCUT2D eigenvalue weighted by Crippen LogP contribution is -2.49. The van der Waals surface area contributed by atoms with Gasteiger partial charge in [-0.3, -0.25) is 14.9 Å². The molecule has 1 heterocycles. The molecule has 0 aliphatic carbocycles. The van der Waals surface area contributed by atoms with E-state index in [0.717, 1.165) is 0 Å². The second kappa shape index (κ2) is 7.09. The molecule has 0 fully saturated rings. The van der Waals surface area contributed by atoms with E-state index >= 15 is 0 Å². The van der Waals surface area contributed by atoms with Crippen LogP contribution in [-0.2, 0) is 16.1 Å². The Morgan fingerprint density at radius 2 is 2.05 bits per heavy atom. The van der Waals surface area contributed by atoms with Crippen LogP contribution in [0.3, 0.4) is 0 Å². The van der Waals surface area contributed by atoms with Gasteiger partial charge in [-0.15, -0.1) is 0 Å². The van der Waals surface area contributed by atoms with Gasteiger partial charge in [0.05, 0.1) is 25.4 Å². The molecule has 112 valence electrons. The number of rotatable bonds is 6. The van der Waals surface area contributed by atoms with Gasteiger partial charge in [-0.1, -0.05) is 0 Å². The maximum Gasteiger partial charge on any atom is 0.237 e. The van der Waals surface area contributed by atoms with Crippen molar-refractivity contribution in [2.45, 2.75) is 45.8 Å². The summed E-state index contributed by atoms with van der Waals surface area (Å²) in [4.78, 5) is 23.4. The number of hydrogen-bond acceptors (Lipinski definition) is 4. The van der Waals surface area contributed by atoms with E-state index in [1.165, 1.54) is 0 Å². The van der Waals surface area contributed by atoms with Gasteiger partial charge in [0.25, 0.3) is 0 Å². The summed E-state index contributed by atoms with van der Waals surface area (Å²) < 4.78 is 5.12. The molecule has 1 unspecified atom stereocenters.